The summed E-state index contributed by atoms with van der Waals surface area (Å²) in [5, 5.41) is 11.3. The van der Waals surface area contributed by atoms with E-state index in [1.807, 2.05) is 19.0 Å². The maximum atomic E-state index is 13.2. The molecule has 1 saturated heterocycles. The van der Waals surface area contributed by atoms with Crippen molar-refractivity contribution in [2.45, 2.75) is 12.5 Å². The molecule has 9 heteroatoms. The van der Waals surface area contributed by atoms with Crippen LogP contribution in [-0.2, 0) is 14.3 Å². The molecule has 0 radical (unpaired) electrons. The zero-order valence-corrected chi connectivity index (χ0v) is 19.9. The number of carbonyl (C=O) groups is 3. The normalized spacial score (nSPS) is 18.7. The SMILES string of the molecule is COC(=O)c1ccc(C2/C(=C(/O)c3ccc4c(c3)OCCO4)C(=O)C(=O)N2CCCN(C)C)cc1. The maximum Gasteiger partial charge on any atom is 0.337 e. The molecule has 2 aliphatic rings. The Morgan fingerprint density at radius 1 is 1.06 bits per heavy atom. The molecule has 1 unspecified atom stereocenters. The first-order valence-corrected chi connectivity index (χ1v) is 11.3. The van der Waals surface area contributed by atoms with Crippen LogP contribution in [0, 0.1) is 0 Å². The second kappa shape index (κ2) is 10.2. The predicted octanol–water partition coefficient (Wildman–Crippen LogP) is 2.62. The molecule has 1 amide bonds. The fourth-order valence-electron chi connectivity index (χ4n) is 4.28. The zero-order valence-electron chi connectivity index (χ0n) is 19.9. The van der Waals surface area contributed by atoms with Crippen LogP contribution < -0.4 is 9.47 Å². The third kappa shape index (κ3) is 4.85. The van der Waals surface area contributed by atoms with Crippen LogP contribution in [0.25, 0.3) is 5.76 Å². The van der Waals surface area contributed by atoms with Gasteiger partial charge in [0.1, 0.15) is 19.0 Å². The van der Waals surface area contributed by atoms with Crippen molar-refractivity contribution < 1.29 is 33.7 Å². The maximum absolute atomic E-state index is 13.2. The molecule has 0 spiro atoms. The van der Waals surface area contributed by atoms with Crippen LogP contribution in [0.15, 0.2) is 48.0 Å². The number of hydrogen-bond acceptors (Lipinski definition) is 8. The van der Waals surface area contributed by atoms with Crippen LogP contribution in [0.1, 0.15) is 33.9 Å². The van der Waals surface area contributed by atoms with E-state index >= 15 is 0 Å². The van der Waals surface area contributed by atoms with E-state index in [-0.39, 0.29) is 11.3 Å². The van der Waals surface area contributed by atoms with Gasteiger partial charge in [-0.15, -0.1) is 0 Å². The zero-order chi connectivity index (χ0) is 25.1. The first-order valence-electron chi connectivity index (χ1n) is 11.3. The molecule has 4 rings (SSSR count). The van der Waals surface area contributed by atoms with Gasteiger partial charge in [0.25, 0.3) is 11.7 Å². The third-order valence-corrected chi connectivity index (χ3v) is 6.01. The largest absolute Gasteiger partial charge is 0.507 e. The topological polar surface area (TPSA) is 106 Å². The summed E-state index contributed by atoms with van der Waals surface area (Å²) >= 11 is 0. The van der Waals surface area contributed by atoms with E-state index in [4.69, 9.17) is 14.2 Å². The van der Waals surface area contributed by atoms with Crippen LogP contribution in [0.4, 0.5) is 0 Å². The average molecular weight is 481 g/mol. The van der Waals surface area contributed by atoms with Crippen molar-refractivity contribution in [2.75, 3.05) is 47.5 Å². The number of likely N-dealkylation sites (tertiary alicyclic amines) is 1. The number of hydrogen-bond donors (Lipinski definition) is 1. The van der Waals surface area contributed by atoms with Gasteiger partial charge in [-0.1, -0.05) is 12.1 Å². The van der Waals surface area contributed by atoms with E-state index < -0.39 is 23.7 Å². The van der Waals surface area contributed by atoms with Crippen molar-refractivity contribution in [1.82, 2.24) is 9.80 Å². The quantitative estimate of drug-likeness (QED) is 0.279. The molecule has 0 saturated carbocycles. The van der Waals surface area contributed by atoms with Crippen LogP contribution in [0.5, 0.6) is 11.5 Å². The van der Waals surface area contributed by atoms with Gasteiger partial charge >= 0.3 is 5.97 Å². The Morgan fingerprint density at radius 2 is 1.71 bits per heavy atom. The van der Waals surface area contributed by atoms with Gasteiger partial charge in [-0.2, -0.15) is 0 Å². The number of aliphatic hydroxyl groups excluding tert-OH is 1. The first-order chi connectivity index (χ1) is 16.8. The molecule has 184 valence electrons. The Bertz CT molecular complexity index is 1170. The number of Topliss-reactive ketones (excluding diaryl/α,β-unsaturated/α-hetero) is 1. The Morgan fingerprint density at radius 3 is 2.37 bits per heavy atom. The Hall–Kier alpha value is -3.85. The van der Waals surface area contributed by atoms with Crippen molar-refractivity contribution in [2.24, 2.45) is 0 Å². The molecule has 0 aromatic heterocycles. The lowest BCUT2D eigenvalue weighted by Crippen LogP contribution is -2.32. The van der Waals surface area contributed by atoms with Crippen molar-refractivity contribution in [1.29, 1.82) is 0 Å². The molecule has 1 atom stereocenters. The van der Waals surface area contributed by atoms with E-state index in [0.29, 0.717) is 54.4 Å². The van der Waals surface area contributed by atoms with Crippen molar-refractivity contribution in [3.05, 3.63) is 64.7 Å². The number of ether oxygens (including phenoxy) is 3. The number of methoxy groups -OCH3 is 1. The minimum absolute atomic E-state index is 0.0117. The number of amides is 1. The predicted molar refractivity (Wildman–Crippen MR) is 127 cm³/mol. The monoisotopic (exact) mass is 480 g/mol. The average Bonchev–Trinajstić information content (AvgIpc) is 3.12. The Labute approximate surface area is 203 Å². The summed E-state index contributed by atoms with van der Waals surface area (Å²) < 4.78 is 15.9. The number of benzene rings is 2. The second-order valence-corrected chi connectivity index (χ2v) is 8.62. The standard InChI is InChI=1S/C26H28N2O7/c1-27(2)11-4-12-28-22(16-5-7-17(8-6-16)26(32)33-3)21(24(30)25(28)31)23(29)18-9-10-19-20(15-18)35-14-13-34-19/h5-10,15,22,29H,4,11-14H2,1-3H3/b23-21-. The number of fused-ring (bicyclic) bond motifs is 1. The van der Waals surface area contributed by atoms with E-state index in [2.05, 4.69) is 0 Å². The molecule has 9 nitrogen and oxygen atoms in total. The van der Waals surface area contributed by atoms with E-state index in [9.17, 15) is 19.5 Å². The van der Waals surface area contributed by atoms with Gasteiger partial charge in [-0.25, -0.2) is 4.79 Å². The lowest BCUT2D eigenvalue weighted by molar-refractivity contribution is -0.139. The second-order valence-electron chi connectivity index (χ2n) is 8.62. The van der Waals surface area contributed by atoms with Crippen LogP contribution in [-0.4, -0.2) is 80.1 Å². The minimum Gasteiger partial charge on any atom is -0.507 e. The van der Waals surface area contributed by atoms with Gasteiger partial charge in [-0.05, 0) is 63.0 Å². The highest BCUT2D eigenvalue weighted by Gasteiger charge is 2.45. The summed E-state index contributed by atoms with van der Waals surface area (Å²) in [4.78, 5) is 41.6. The highest BCUT2D eigenvalue weighted by Crippen LogP contribution is 2.41. The van der Waals surface area contributed by atoms with Gasteiger partial charge in [0.2, 0.25) is 0 Å². The summed E-state index contributed by atoms with van der Waals surface area (Å²) in [5.41, 5.74) is 1.27. The molecule has 2 aromatic carbocycles. The number of aliphatic hydroxyl groups is 1. The minimum atomic E-state index is -0.808. The smallest absolute Gasteiger partial charge is 0.337 e. The van der Waals surface area contributed by atoms with Gasteiger partial charge < -0.3 is 29.1 Å². The van der Waals surface area contributed by atoms with E-state index in [1.54, 1.807) is 42.5 Å². The highest BCUT2D eigenvalue weighted by atomic mass is 16.6. The molecule has 2 aliphatic heterocycles. The molecule has 1 N–H and O–H groups in total. The molecular weight excluding hydrogens is 452 g/mol. The first kappa shape index (κ1) is 24.3. The number of rotatable bonds is 7. The number of nitrogens with zero attached hydrogens (tertiary/aromatic N) is 2. The fourth-order valence-corrected chi connectivity index (χ4v) is 4.28. The molecule has 0 aliphatic carbocycles. The highest BCUT2D eigenvalue weighted by molar-refractivity contribution is 6.46. The summed E-state index contributed by atoms with van der Waals surface area (Å²) in [5.74, 6) is -1.22. The van der Waals surface area contributed by atoms with Crippen molar-refractivity contribution in [3.63, 3.8) is 0 Å². The molecule has 0 bridgehead atoms. The summed E-state index contributed by atoms with van der Waals surface area (Å²) in [7, 11) is 5.15. The van der Waals surface area contributed by atoms with Gasteiger partial charge in [0.05, 0.1) is 24.3 Å². The fraction of sp³-hybridized carbons (Fsp3) is 0.346. The summed E-state index contributed by atoms with van der Waals surface area (Å²) in [6.07, 6.45) is 0.640. The van der Waals surface area contributed by atoms with E-state index in [1.165, 1.54) is 12.0 Å². The molecule has 2 aromatic rings. The lowest BCUT2D eigenvalue weighted by Gasteiger charge is -2.26. The van der Waals surface area contributed by atoms with Crippen LogP contribution in [0.2, 0.25) is 0 Å². The van der Waals surface area contributed by atoms with Crippen molar-refractivity contribution >= 4 is 23.4 Å². The van der Waals surface area contributed by atoms with Crippen molar-refractivity contribution in [3.8, 4) is 11.5 Å². The number of esters is 1. The van der Waals surface area contributed by atoms with Gasteiger partial charge in [0, 0.05) is 12.1 Å². The lowest BCUT2D eigenvalue weighted by atomic mass is 9.94. The summed E-state index contributed by atoms with van der Waals surface area (Å²) in [6, 6.07) is 10.6. The molecule has 2 heterocycles. The van der Waals surface area contributed by atoms with Gasteiger partial charge in [0.15, 0.2) is 11.5 Å². The Balaban J connectivity index is 1.77. The number of ketones is 1. The molecular formula is C26H28N2O7. The van der Waals surface area contributed by atoms with Crippen LogP contribution >= 0.6 is 0 Å². The van der Waals surface area contributed by atoms with E-state index in [0.717, 1.165) is 6.54 Å². The summed E-state index contributed by atoms with van der Waals surface area (Å²) in [6.45, 7) is 1.85. The number of carbonyl (C=O) groups excluding carboxylic acids is 3. The van der Waals surface area contributed by atoms with Gasteiger partial charge in [-0.3, -0.25) is 9.59 Å². The third-order valence-electron chi connectivity index (χ3n) is 6.01. The molecule has 1 fully saturated rings. The molecule has 35 heavy (non-hydrogen) atoms. The van der Waals surface area contributed by atoms with Crippen LogP contribution in [0.3, 0.4) is 0 Å². The Kier molecular flexibility index (Phi) is 7.07.